The van der Waals surface area contributed by atoms with Crippen molar-refractivity contribution in [2.75, 3.05) is 30.3 Å². The van der Waals surface area contributed by atoms with Gasteiger partial charge in [0.1, 0.15) is 6.54 Å². The number of nitrogens with zero attached hydrogens (tertiary/aromatic N) is 2. The average molecular weight is 409 g/mol. The highest BCUT2D eigenvalue weighted by Gasteiger charge is 2.36. The van der Waals surface area contributed by atoms with Gasteiger partial charge in [-0.05, 0) is 35.7 Å². The molecule has 0 aromatic heterocycles. The molecule has 4 rings (SSSR count). The van der Waals surface area contributed by atoms with Crippen molar-refractivity contribution in [3.8, 4) is 0 Å². The summed E-state index contributed by atoms with van der Waals surface area (Å²) in [5.41, 5.74) is 1.35. The van der Waals surface area contributed by atoms with Crippen LogP contribution in [-0.4, -0.2) is 45.8 Å². The molecule has 29 heavy (non-hydrogen) atoms. The maximum absolute atomic E-state index is 13.0. The summed E-state index contributed by atoms with van der Waals surface area (Å²) in [6.45, 7) is -0.359. The van der Waals surface area contributed by atoms with Gasteiger partial charge >= 0.3 is 0 Å². The Balaban J connectivity index is 1.60. The van der Waals surface area contributed by atoms with Gasteiger partial charge in [-0.25, -0.2) is 8.42 Å². The molecule has 0 aliphatic carbocycles. The van der Waals surface area contributed by atoms with E-state index in [1.165, 1.54) is 4.90 Å². The maximum Gasteiger partial charge on any atom is 0.265 e. The first-order valence-corrected chi connectivity index (χ1v) is 10.4. The van der Waals surface area contributed by atoms with E-state index in [4.69, 9.17) is 0 Å². The maximum atomic E-state index is 13.0. The van der Waals surface area contributed by atoms with Crippen LogP contribution in [0.5, 0.6) is 0 Å². The van der Waals surface area contributed by atoms with Gasteiger partial charge in [0.15, 0.2) is 0 Å². The van der Waals surface area contributed by atoms with E-state index in [1.54, 1.807) is 62.6 Å². The summed E-state index contributed by atoms with van der Waals surface area (Å²) in [4.78, 5) is 26.4. The van der Waals surface area contributed by atoms with Crippen molar-refractivity contribution >= 4 is 44.0 Å². The van der Waals surface area contributed by atoms with Crippen molar-refractivity contribution in [3.05, 3.63) is 66.2 Å². The highest BCUT2D eigenvalue weighted by molar-refractivity contribution is 7.93. The lowest BCUT2D eigenvalue weighted by atomic mass is 10.1. The van der Waals surface area contributed by atoms with Gasteiger partial charge in [0.05, 0.1) is 10.6 Å². The molecule has 1 heterocycles. The number of benzene rings is 3. The van der Waals surface area contributed by atoms with Crippen LogP contribution >= 0.6 is 0 Å². The molecule has 0 radical (unpaired) electrons. The Labute approximate surface area is 168 Å². The number of anilines is 2. The van der Waals surface area contributed by atoms with Gasteiger partial charge in [-0.1, -0.05) is 30.3 Å². The minimum atomic E-state index is -3.81. The largest absolute Gasteiger partial charge is 0.345 e. The predicted octanol–water partition coefficient (Wildman–Crippen LogP) is 2.69. The first kappa shape index (κ1) is 18.9. The lowest BCUT2D eigenvalue weighted by Crippen LogP contribution is -2.35. The summed E-state index contributed by atoms with van der Waals surface area (Å²) in [6, 6.07) is 16.9. The molecule has 8 heteroatoms. The number of carbonyl (C=O) groups excluding carboxylic acids is 2. The molecule has 1 aliphatic heterocycles. The van der Waals surface area contributed by atoms with Gasteiger partial charge in [-0.3, -0.25) is 13.9 Å². The predicted molar refractivity (Wildman–Crippen MR) is 112 cm³/mol. The van der Waals surface area contributed by atoms with Crippen LogP contribution in [0.4, 0.5) is 11.4 Å². The van der Waals surface area contributed by atoms with E-state index >= 15 is 0 Å². The molecule has 1 aliphatic rings. The van der Waals surface area contributed by atoms with Crippen molar-refractivity contribution in [1.82, 2.24) is 4.90 Å². The van der Waals surface area contributed by atoms with Crippen LogP contribution in [0.2, 0.25) is 0 Å². The fourth-order valence-electron chi connectivity index (χ4n) is 3.45. The fraction of sp³-hybridized carbons (Fsp3) is 0.143. The lowest BCUT2D eigenvalue weighted by molar-refractivity contribution is -0.114. The monoisotopic (exact) mass is 409 g/mol. The quantitative estimate of drug-likeness (QED) is 0.718. The standard InChI is InChI=1S/C21H19N3O4S/c1-23(2)21(26)15-8-3-9-16(12-15)22-19(25)13-24-17-10-4-6-14-7-5-11-18(20(14)17)29(24,27)28/h3-12H,13H2,1-2H3,(H,22,25). The smallest absolute Gasteiger partial charge is 0.265 e. The Kier molecular flexibility index (Phi) is 4.50. The number of hydrogen-bond donors (Lipinski definition) is 1. The van der Waals surface area contributed by atoms with Crippen LogP contribution in [0, 0.1) is 0 Å². The third kappa shape index (κ3) is 3.21. The van der Waals surface area contributed by atoms with Crippen LogP contribution in [0.3, 0.4) is 0 Å². The van der Waals surface area contributed by atoms with Crippen LogP contribution in [0.25, 0.3) is 10.8 Å². The Bertz CT molecular complexity index is 1250. The van der Waals surface area contributed by atoms with Gasteiger partial charge < -0.3 is 10.2 Å². The van der Waals surface area contributed by atoms with Crippen LogP contribution in [-0.2, 0) is 14.8 Å². The molecular weight excluding hydrogens is 390 g/mol. The van der Waals surface area contributed by atoms with E-state index in [0.717, 1.165) is 9.69 Å². The van der Waals surface area contributed by atoms with Crippen molar-refractivity contribution in [2.45, 2.75) is 4.90 Å². The molecule has 0 atom stereocenters. The number of hydrogen-bond acceptors (Lipinski definition) is 4. The zero-order chi connectivity index (χ0) is 20.8. The number of sulfonamides is 1. The molecular formula is C21H19N3O4S. The number of carbonyl (C=O) groups is 2. The van der Waals surface area contributed by atoms with Gasteiger partial charge in [0, 0.05) is 30.7 Å². The molecule has 0 saturated heterocycles. The van der Waals surface area contributed by atoms with Crippen LogP contribution in [0.15, 0.2) is 65.6 Å². The number of nitrogens with one attached hydrogen (secondary N) is 1. The third-order valence-corrected chi connectivity index (χ3v) is 6.57. The molecule has 3 aromatic carbocycles. The SMILES string of the molecule is CN(C)C(=O)c1cccc(NC(=O)CN2c3cccc4cccc(c34)S2(=O)=O)c1. The molecule has 0 unspecified atom stereocenters. The highest BCUT2D eigenvalue weighted by Crippen LogP contribution is 2.41. The minimum absolute atomic E-state index is 0.189. The van der Waals surface area contributed by atoms with Gasteiger partial charge in [0.25, 0.3) is 15.9 Å². The Morgan fingerprint density at radius 3 is 2.41 bits per heavy atom. The Morgan fingerprint density at radius 1 is 1.00 bits per heavy atom. The Morgan fingerprint density at radius 2 is 1.69 bits per heavy atom. The molecule has 1 N–H and O–H groups in total. The average Bonchev–Trinajstić information content (AvgIpc) is 2.91. The van der Waals surface area contributed by atoms with Gasteiger partial charge in [0.2, 0.25) is 5.91 Å². The molecule has 0 bridgehead atoms. The third-order valence-electron chi connectivity index (χ3n) is 4.77. The zero-order valence-corrected chi connectivity index (χ0v) is 16.7. The number of rotatable bonds is 4. The van der Waals surface area contributed by atoms with E-state index in [0.29, 0.717) is 22.3 Å². The summed E-state index contributed by atoms with van der Waals surface area (Å²) < 4.78 is 27.1. The summed E-state index contributed by atoms with van der Waals surface area (Å²) >= 11 is 0. The molecule has 0 fully saturated rings. The van der Waals surface area contributed by atoms with E-state index in [9.17, 15) is 18.0 Å². The topological polar surface area (TPSA) is 86.8 Å². The van der Waals surface area contributed by atoms with Gasteiger partial charge in [-0.15, -0.1) is 0 Å². The van der Waals surface area contributed by atoms with E-state index < -0.39 is 15.9 Å². The van der Waals surface area contributed by atoms with Crippen LogP contribution < -0.4 is 9.62 Å². The second-order valence-electron chi connectivity index (χ2n) is 6.97. The number of amides is 2. The fourth-order valence-corrected chi connectivity index (χ4v) is 5.11. The molecule has 0 saturated carbocycles. The second kappa shape index (κ2) is 6.89. The minimum Gasteiger partial charge on any atom is -0.345 e. The van der Waals surface area contributed by atoms with E-state index in [1.807, 2.05) is 12.1 Å². The molecule has 7 nitrogen and oxygen atoms in total. The second-order valence-corrected chi connectivity index (χ2v) is 8.80. The molecule has 2 amide bonds. The van der Waals surface area contributed by atoms with E-state index in [-0.39, 0.29) is 17.3 Å². The molecule has 3 aromatic rings. The first-order valence-electron chi connectivity index (χ1n) is 8.95. The lowest BCUT2D eigenvalue weighted by Gasteiger charge is -2.18. The summed E-state index contributed by atoms with van der Waals surface area (Å²) in [5.74, 6) is -0.682. The van der Waals surface area contributed by atoms with E-state index in [2.05, 4.69) is 5.32 Å². The van der Waals surface area contributed by atoms with Gasteiger partial charge in [-0.2, -0.15) is 0 Å². The van der Waals surface area contributed by atoms with Crippen molar-refractivity contribution in [3.63, 3.8) is 0 Å². The van der Waals surface area contributed by atoms with Crippen molar-refractivity contribution in [2.24, 2.45) is 0 Å². The highest BCUT2D eigenvalue weighted by atomic mass is 32.2. The van der Waals surface area contributed by atoms with Crippen molar-refractivity contribution < 1.29 is 18.0 Å². The normalized spacial score (nSPS) is 14.1. The zero-order valence-electron chi connectivity index (χ0n) is 15.9. The first-order chi connectivity index (χ1) is 13.8. The molecule has 148 valence electrons. The molecule has 0 spiro atoms. The summed E-state index contributed by atoms with van der Waals surface area (Å²) in [7, 11) is -0.521. The Hall–Kier alpha value is -3.39. The van der Waals surface area contributed by atoms with Crippen molar-refractivity contribution in [1.29, 1.82) is 0 Å². The summed E-state index contributed by atoms with van der Waals surface area (Å²) in [5, 5.41) is 4.12. The van der Waals surface area contributed by atoms with Crippen LogP contribution in [0.1, 0.15) is 10.4 Å². The summed E-state index contributed by atoms with van der Waals surface area (Å²) in [6.07, 6.45) is 0.